The first kappa shape index (κ1) is 28.6. The zero-order valence-electron chi connectivity index (χ0n) is 25.5. The summed E-state index contributed by atoms with van der Waals surface area (Å²) >= 11 is 0. The maximum atomic E-state index is 6.07. The molecule has 0 aliphatic carbocycles. The summed E-state index contributed by atoms with van der Waals surface area (Å²) in [6, 6.07) is 8.30. The fourth-order valence-corrected chi connectivity index (χ4v) is 6.89. The van der Waals surface area contributed by atoms with Crippen LogP contribution in [0.1, 0.15) is 77.6 Å². The fourth-order valence-electron chi connectivity index (χ4n) is 6.89. The summed E-state index contributed by atoms with van der Waals surface area (Å²) in [6.45, 7) is 9.89. The van der Waals surface area contributed by atoms with Crippen LogP contribution in [0.5, 0.6) is 5.75 Å². The number of methoxy groups -OCH3 is 1. The van der Waals surface area contributed by atoms with E-state index in [0.717, 1.165) is 78.2 Å². The van der Waals surface area contributed by atoms with Crippen molar-refractivity contribution in [1.29, 1.82) is 0 Å². The molecule has 0 spiro atoms. The van der Waals surface area contributed by atoms with Gasteiger partial charge in [-0.2, -0.15) is 5.10 Å². The fraction of sp³-hybridized carbons (Fsp3) is 0.548. The van der Waals surface area contributed by atoms with Gasteiger partial charge in [-0.05, 0) is 83.6 Å². The Morgan fingerprint density at radius 1 is 1.07 bits per heavy atom. The number of H-pyrrole nitrogens is 1. The number of fused-ring (bicyclic) bond motifs is 1. The van der Waals surface area contributed by atoms with E-state index in [2.05, 4.69) is 59.2 Å². The minimum Gasteiger partial charge on any atom is -0.467 e. The van der Waals surface area contributed by atoms with Crippen LogP contribution < -0.4 is 15.4 Å². The van der Waals surface area contributed by atoms with Crippen LogP contribution in [0, 0.1) is 0 Å². The van der Waals surface area contributed by atoms with Gasteiger partial charge in [0.1, 0.15) is 11.3 Å². The van der Waals surface area contributed by atoms with Crippen LogP contribution in [0.2, 0.25) is 0 Å². The average Bonchev–Trinajstić information content (AvgIpc) is 3.59. The topological polar surface area (TPSA) is 124 Å². The van der Waals surface area contributed by atoms with Gasteiger partial charge in [0.05, 0.1) is 23.7 Å². The van der Waals surface area contributed by atoms with Crippen molar-refractivity contribution in [2.24, 2.45) is 0 Å². The predicted octanol–water partition coefficient (Wildman–Crippen LogP) is 5.63. The molecule has 3 aromatic heterocycles. The Hall–Kier alpha value is -3.54. The third kappa shape index (κ3) is 5.60. The number of rotatable bonds is 8. The Labute approximate surface area is 246 Å². The van der Waals surface area contributed by atoms with E-state index in [1.165, 1.54) is 0 Å². The van der Waals surface area contributed by atoms with Crippen LogP contribution in [0.4, 0.5) is 5.95 Å². The second-order valence-corrected chi connectivity index (χ2v) is 12.8. The number of nitrogens with one attached hydrogen (secondary N) is 3. The monoisotopic (exact) mass is 574 g/mol. The maximum Gasteiger partial charge on any atom is 0.205 e. The molecule has 42 heavy (non-hydrogen) atoms. The van der Waals surface area contributed by atoms with Crippen molar-refractivity contribution in [3.63, 3.8) is 0 Å². The second-order valence-electron chi connectivity index (χ2n) is 12.8. The van der Waals surface area contributed by atoms with Gasteiger partial charge in [-0.25, -0.2) is 4.98 Å². The SMILES string of the molecule is CNc1nc2cc(-c3ccc(-c4cn[nH]c4C4CCCCO4)cc3OCOC)nnc2n1C1CC(C)(C)NC(C)(C)C1. The van der Waals surface area contributed by atoms with Gasteiger partial charge in [0.2, 0.25) is 5.95 Å². The number of hydrogen-bond donors (Lipinski definition) is 3. The number of hydrogen-bond acceptors (Lipinski definition) is 9. The highest BCUT2D eigenvalue weighted by Crippen LogP contribution is 2.41. The lowest BCUT2D eigenvalue weighted by atomic mass is 9.79. The lowest BCUT2D eigenvalue weighted by molar-refractivity contribution is 0.0126. The van der Waals surface area contributed by atoms with Gasteiger partial charge in [-0.15, -0.1) is 10.2 Å². The number of imidazole rings is 1. The van der Waals surface area contributed by atoms with Gasteiger partial charge in [0.25, 0.3) is 0 Å². The van der Waals surface area contributed by atoms with Crippen molar-refractivity contribution < 1.29 is 14.2 Å². The summed E-state index contributed by atoms with van der Waals surface area (Å²) in [5, 5.41) is 24.0. The second kappa shape index (κ2) is 11.3. The molecule has 0 saturated carbocycles. The van der Waals surface area contributed by atoms with E-state index in [0.29, 0.717) is 11.4 Å². The number of anilines is 1. The van der Waals surface area contributed by atoms with Crippen molar-refractivity contribution in [2.75, 3.05) is 32.9 Å². The number of aromatic nitrogens is 6. The van der Waals surface area contributed by atoms with Crippen molar-refractivity contribution in [2.45, 2.75) is 83.0 Å². The lowest BCUT2D eigenvalue weighted by Gasteiger charge is -2.47. The molecule has 2 aliphatic rings. The molecule has 1 aromatic carbocycles. The van der Waals surface area contributed by atoms with Crippen molar-refractivity contribution in [3.05, 3.63) is 36.2 Å². The number of nitrogens with zero attached hydrogens (tertiary/aromatic N) is 5. The molecule has 5 heterocycles. The summed E-state index contributed by atoms with van der Waals surface area (Å²) in [5.41, 5.74) is 5.99. The van der Waals surface area contributed by atoms with E-state index in [1.54, 1.807) is 7.11 Å². The first-order valence-corrected chi connectivity index (χ1v) is 14.8. The molecule has 1 unspecified atom stereocenters. The van der Waals surface area contributed by atoms with Gasteiger partial charge in [0.15, 0.2) is 12.4 Å². The zero-order valence-corrected chi connectivity index (χ0v) is 25.5. The van der Waals surface area contributed by atoms with Gasteiger partial charge in [-0.1, -0.05) is 6.07 Å². The summed E-state index contributed by atoms with van der Waals surface area (Å²) in [6.07, 6.45) is 6.99. The van der Waals surface area contributed by atoms with E-state index < -0.39 is 0 Å². The first-order valence-electron chi connectivity index (χ1n) is 14.8. The highest BCUT2D eigenvalue weighted by Gasteiger charge is 2.40. The smallest absolute Gasteiger partial charge is 0.205 e. The molecule has 2 fully saturated rings. The van der Waals surface area contributed by atoms with E-state index >= 15 is 0 Å². The summed E-state index contributed by atoms with van der Waals surface area (Å²) < 4.78 is 19.6. The van der Waals surface area contributed by atoms with Crippen molar-refractivity contribution in [1.82, 2.24) is 35.3 Å². The van der Waals surface area contributed by atoms with Gasteiger partial charge in [-0.3, -0.25) is 9.67 Å². The quantitative estimate of drug-likeness (QED) is 0.230. The Bertz CT molecular complexity index is 1540. The van der Waals surface area contributed by atoms with Crippen LogP contribution in [-0.2, 0) is 9.47 Å². The van der Waals surface area contributed by atoms with Crippen LogP contribution >= 0.6 is 0 Å². The van der Waals surface area contributed by atoms with E-state index in [1.807, 2.05) is 31.4 Å². The van der Waals surface area contributed by atoms with Gasteiger partial charge >= 0.3 is 0 Å². The third-order valence-corrected chi connectivity index (χ3v) is 8.27. The number of piperidine rings is 1. The van der Waals surface area contributed by atoms with Crippen LogP contribution in [0.15, 0.2) is 30.5 Å². The van der Waals surface area contributed by atoms with Crippen LogP contribution in [-0.4, -0.2) is 68.6 Å². The zero-order chi connectivity index (χ0) is 29.5. The molecule has 6 rings (SSSR count). The highest BCUT2D eigenvalue weighted by atomic mass is 16.7. The Balaban J connectivity index is 1.38. The lowest BCUT2D eigenvalue weighted by Crippen LogP contribution is -2.58. The molecule has 224 valence electrons. The van der Waals surface area contributed by atoms with Gasteiger partial charge < -0.3 is 24.8 Å². The normalized spacial score (nSPS) is 20.6. The van der Waals surface area contributed by atoms with E-state index in [9.17, 15) is 0 Å². The largest absolute Gasteiger partial charge is 0.467 e. The number of ether oxygens (including phenoxy) is 3. The summed E-state index contributed by atoms with van der Waals surface area (Å²) in [5.74, 6) is 1.44. The Morgan fingerprint density at radius 3 is 2.60 bits per heavy atom. The first-order chi connectivity index (χ1) is 20.2. The molecule has 1 atom stereocenters. The van der Waals surface area contributed by atoms with Crippen molar-refractivity contribution >= 4 is 17.1 Å². The standard InChI is InChI=1S/C31H42N8O3/c1-30(2)15-20(16-31(3,4)38-30)39-28-24(34-29(39)32-5)14-23(35-37-28)21-11-10-19(13-26(21)42-18-40-6)22-17-33-36-27(22)25-9-7-8-12-41-25/h10-11,13-14,17,20,25,38H,7-9,12,15-16,18H2,1-6H3,(H,32,34)(H,33,36). The van der Waals surface area contributed by atoms with Crippen LogP contribution in [0.25, 0.3) is 33.5 Å². The van der Waals surface area contributed by atoms with Crippen molar-refractivity contribution in [3.8, 4) is 28.1 Å². The molecule has 0 radical (unpaired) electrons. The molecular weight excluding hydrogens is 532 g/mol. The minimum absolute atomic E-state index is 0.0140. The molecule has 4 aromatic rings. The Kier molecular flexibility index (Phi) is 7.67. The summed E-state index contributed by atoms with van der Waals surface area (Å²) in [4.78, 5) is 4.94. The molecule has 0 amide bonds. The molecule has 2 aliphatic heterocycles. The van der Waals surface area contributed by atoms with E-state index in [4.69, 9.17) is 29.4 Å². The van der Waals surface area contributed by atoms with E-state index in [-0.39, 0.29) is 30.0 Å². The van der Waals surface area contributed by atoms with Gasteiger partial charge in [0, 0.05) is 49.0 Å². The Morgan fingerprint density at radius 2 is 1.88 bits per heavy atom. The predicted molar refractivity (Wildman–Crippen MR) is 163 cm³/mol. The molecule has 0 bridgehead atoms. The molecular formula is C31H42N8O3. The summed E-state index contributed by atoms with van der Waals surface area (Å²) in [7, 11) is 3.51. The molecule has 11 nitrogen and oxygen atoms in total. The third-order valence-electron chi connectivity index (χ3n) is 8.27. The minimum atomic E-state index is -0.0192. The number of benzene rings is 1. The molecule has 2 saturated heterocycles. The molecule has 3 N–H and O–H groups in total. The number of aromatic amines is 1. The van der Waals surface area contributed by atoms with Crippen LogP contribution in [0.3, 0.4) is 0 Å². The highest BCUT2D eigenvalue weighted by molar-refractivity contribution is 5.82. The average molecular weight is 575 g/mol. The maximum absolute atomic E-state index is 6.07. The molecule has 11 heteroatoms.